The van der Waals surface area contributed by atoms with Crippen LogP contribution in [-0.2, 0) is 10.3 Å². The molecular weight excluding hydrogens is 356 g/mol. The summed E-state index contributed by atoms with van der Waals surface area (Å²) in [6.07, 6.45) is 6.87. The molecule has 4 bridgehead atoms. The fourth-order valence-electron chi connectivity index (χ4n) is 6.34. The van der Waals surface area contributed by atoms with Gasteiger partial charge in [0.1, 0.15) is 5.54 Å². The van der Waals surface area contributed by atoms with E-state index in [1.807, 2.05) is 18.2 Å². The van der Waals surface area contributed by atoms with E-state index in [4.69, 9.17) is 0 Å². The average Bonchev–Trinajstić information content (AvgIpc) is 2.85. The predicted molar refractivity (Wildman–Crippen MR) is 102 cm³/mol. The first-order chi connectivity index (χ1) is 13.4. The standard InChI is InChI=1S/C21H26N4O3/c1-20(16-5-3-2-4-6-16)17(26)25(19(28)23-20)24-18(27)22-21-10-13-7-14(11-21)9-15(8-13)12-21/h2-6,13-15H,7-12H2,1H3,(H,23,28)(H2,22,24,27)/t13?,14?,15?,20-,21?/m1/s1. The maximum atomic E-state index is 12.9. The molecule has 3 N–H and O–H groups in total. The summed E-state index contributed by atoms with van der Waals surface area (Å²) >= 11 is 0. The number of hydrazine groups is 1. The lowest BCUT2D eigenvalue weighted by atomic mass is 9.53. The maximum absolute atomic E-state index is 12.9. The summed E-state index contributed by atoms with van der Waals surface area (Å²) in [7, 11) is 0. The van der Waals surface area contributed by atoms with Crippen LogP contribution in [-0.4, -0.2) is 28.5 Å². The van der Waals surface area contributed by atoms with Gasteiger partial charge in [0.2, 0.25) is 0 Å². The van der Waals surface area contributed by atoms with E-state index in [1.165, 1.54) is 19.3 Å². The normalized spacial score (nSPS) is 38.5. The Hall–Kier alpha value is -2.57. The second-order valence-electron chi connectivity index (χ2n) is 9.33. The van der Waals surface area contributed by atoms with Crippen LogP contribution >= 0.6 is 0 Å². The summed E-state index contributed by atoms with van der Waals surface area (Å²) in [5.41, 5.74) is 1.81. The third kappa shape index (κ3) is 2.67. The molecule has 0 unspecified atom stereocenters. The average molecular weight is 382 g/mol. The molecule has 0 spiro atoms. The molecular formula is C21H26N4O3. The number of carbonyl (C=O) groups is 3. The molecule has 4 saturated carbocycles. The van der Waals surface area contributed by atoms with E-state index in [2.05, 4.69) is 16.1 Å². The lowest BCUT2D eigenvalue weighted by Crippen LogP contribution is -2.63. The Morgan fingerprint density at radius 2 is 1.61 bits per heavy atom. The number of hydrogen-bond acceptors (Lipinski definition) is 3. The van der Waals surface area contributed by atoms with Crippen molar-refractivity contribution in [1.29, 1.82) is 0 Å². The van der Waals surface area contributed by atoms with Gasteiger partial charge in [-0.15, -0.1) is 0 Å². The molecule has 1 aromatic carbocycles. The second kappa shape index (κ2) is 5.96. The van der Waals surface area contributed by atoms with Crippen molar-refractivity contribution in [2.45, 2.75) is 56.5 Å². The Bertz CT molecular complexity index is 804. The number of benzene rings is 1. The van der Waals surface area contributed by atoms with Crippen LogP contribution in [0.1, 0.15) is 51.0 Å². The van der Waals surface area contributed by atoms with Gasteiger partial charge in [-0.1, -0.05) is 30.3 Å². The lowest BCUT2D eigenvalue weighted by Gasteiger charge is -2.56. The number of amides is 5. The van der Waals surface area contributed by atoms with Gasteiger partial charge < -0.3 is 10.6 Å². The molecule has 1 aliphatic heterocycles. The summed E-state index contributed by atoms with van der Waals surface area (Å²) in [4.78, 5) is 38.1. The number of rotatable bonds is 3. The van der Waals surface area contributed by atoms with Crippen molar-refractivity contribution >= 4 is 18.0 Å². The molecule has 6 rings (SSSR count). The first kappa shape index (κ1) is 17.5. The van der Waals surface area contributed by atoms with Gasteiger partial charge in [-0.3, -0.25) is 4.79 Å². The SMILES string of the molecule is C[C@]1(c2ccccc2)NC(=O)N(NC(=O)NC23CC4CC(CC(C4)C2)C3)C1=O. The Labute approximate surface area is 164 Å². The van der Waals surface area contributed by atoms with E-state index >= 15 is 0 Å². The lowest BCUT2D eigenvalue weighted by molar-refractivity contribution is -0.132. The van der Waals surface area contributed by atoms with Crippen LogP contribution in [0, 0.1) is 17.8 Å². The molecule has 5 aliphatic rings. The Morgan fingerprint density at radius 1 is 1.04 bits per heavy atom. The smallest absolute Gasteiger partial charge is 0.331 e. The van der Waals surface area contributed by atoms with E-state index < -0.39 is 23.5 Å². The summed E-state index contributed by atoms with van der Waals surface area (Å²) in [5, 5.41) is 6.65. The van der Waals surface area contributed by atoms with E-state index in [9.17, 15) is 14.4 Å². The Morgan fingerprint density at radius 3 is 2.18 bits per heavy atom. The topological polar surface area (TPSA) is 90.5 Å². The number of carbonyl (C=O) groups excluding carboxylic acids is 3. The highest BCUT2D eigenvalue weighted by molar-refractivity contribution is 6.08. The van der Waals surface area contributed by atoms with Crippen molar-refractivity contribution in [3.8, 4) is 0 Å². The molecule has 28 heavy (non-hydrogen) atoms. The van der Waals surface area contributed by atoms with Gasteiger partial charge in [0.15, 0.2) is 0 Å². The van der Waals surface area contributed by atoms with Gasteiger partial charge in [-0.2, -0.15) is 5.01 Å². The zero-order valence-corrected chi connectivity index (χ0v) is 16.0. The summed E-state index contributed by atoms with van der Waals surface area (Å²) in [6.45, 7) is 1.65. The van der Waals surface area contributed by atoms with E-state index in [0.29, 0.717) is 23.3 Å². The summed E-state index contributed by atoms with van der Waals surface area (Å²) < 4.78 is 0. The minimum Gasteiger partial charge on any atom is -0.331 e. The molecule has 1 saturated heterocycles. The predicted octanol–water partition coefficient (Wildman–Crippen LogP) is 2.64. The van der Waals surface area contributed by atoms with Crippen molar-refractivity contribution < 1.29 is 14.4 Å². The van der Waals surface area contributed by atoms with Crippen LogP contribution in [0.15, 0.2) is 30.3 Å². The zero-order valence-electron chi connectivity index (χ0n) is 16.0. The van der Waals surface area contributed by atoms with Gasteiger partial charge in [0, 0.05) is 5.54 Å². The maximum Gasteiger partial charge on any atom is 0.344 e. The molecule has 148 valence electrons. The van der Waals surface area contributed by atoms with Crippen molar-refractivity contribution in [2.75, 3.05) is 0 Å². The van der Waals surface area contributed by atoms with Gasteiger partial charge >= 0.3 is 12.1 Å². The molecule has 4 aliphatic carbocycles. The Balaban J connectivity index is 1.29. The zero-order chi connectivity index (χ0) is 19.5. The fourth-order valence-corrected chi connectivity index (χ4v) is 6.34. The number of nitrogens with one attached hydrogen (secondary N) is 3. The molecule has 1 heterocycles. The van der Waals surface area contributed by atoms with Crippen LogP contribution in [0.2, 0.25) is 0 Å². The number of nitrogens with zero attached hydrogens (tertiary/aromatic N) is 1. The van der Waals surface area contributed by atoms with Crippen LogP contribution in [0.3, 0.4) is 0 Å². The van der Waals surface area contributed by atoms with E-state index in [1.54, 1.807) is 19.1 Å². The molecule has 7 nitrogen and oxygen atoms in total. The first-order valence-corrected chi connectivity index (χ1v) is 10.2. The van der Waals surface area contributed by atoms with Crippen molar-refractivity contribution in [1.82, 2.24) is 21.1 Å². The fraction of sp³-hybridized carbons (Fsp3) is 0.571. The highest BCUT2D eigenvalue weighted by atomic mass is 16.2. The van der Waals surface area contributed by atoms with Crippen molar-refractivity contribution in [3.05, 3.63) is 35.9 Å². The minimum atomic E-state index is -1.19. The minimum absolute atomic E-state index is 0.180. The van der Waals surface area contributed by atoms with Crippen LogP contribution < -0.4 is 16.1 Å². The highest BCUT2D eigenvalue weighted by Crippen LogP contribution is 2.55. The van der Waals surface area contributed by atoms with Gasteiger partial charge in [-0.05, 0) is 68.8 Å². The van der Waals surface area contributed by atoms with Crippen LogP contribution in [0.4, 0.5) is 9.59 Å². The third-order valence-corrected chi connectivity index (χ3v) is 7.17. The Kier molecular flexibility index (Phi) is 3.73. The van der Waals surface area contributed by atoms with Crippen LogP contribution in [0.5, 0.6) is 0 Å². The second-order valence-corrected chi connectivity index (χ2v) is 9.33. The monoisotopic (exact) mass is 382 g/mol. The van der Waals surface area contributed by atoms with Crippen molar-refractivity contribution in [3.63, 3.8) is 0 Å². The molecule has 7 heteroatoms. The molecule has 5 amide bonds. The van der Waals surface area contributed by atoms with Gasteiger partial charge in [-0.25, -0.2) is 15.0 Å². The third-order valence-electron chi connectivity index (χ3n) is 7.17. The van der Waals surface area contributed by atoms with E-state index in [-0.39, 0.29) is 5.54 Å². The van der Waals surface area contributed by atoms with Crippen molar-refractivity contribution in [2.24, 2.45) is 17.8 Å². The highest BCUT2D eigenvalue weighted by Gasteiger charge is 2.53. The largest absolute Gasteiger partial charge is 0.344 e. The molecule has 5 fully saturated rings. The number of imide groups is 1. The van der Waals surface area contributed by atoms with E-state index in [0.717, 1.165) is 24.3 Å². The summed E-state index contributed by atoms with van der Waals surface area (Å²) in [6, 6.07) is 7.98. The van der Waals surface area contributed by atoms with Gasteiger partial charge in [0.05, 0.1) is 0 Å². The molecule has 0 radical (unpaired) electrons. The molecule has 1 aromatic rings. The summed E-state index contributed by atoms with van der Waals surface area (Å²) in [5.74, 6) is 1.61. The quantitative estimate of drug-likeness (QED) is 0.702. The first-order valence-electron chi connectivity index (χ1n) is 10.2. The van der Waals surface area contributed by atoms with Crippen LogP contribution in [0.25, 0.3) is 0 Å². The molecule has 1 atom stereocenters. The van der Waals surface area contributed by atoms with Gasteiger partial charge in [0.25, 0.3) is 5.91 Å². The molecule has 0 aromatic heterocycles. The number of hydrogen-bond donors (Lipinski definition) is 3. The number of urea groups is 2.